The topological polar surface area (TPSA) is 104 Å². The van der Waals surface area contributed by atoms with Crippen LogP contribution in [-0.4, -0.2) is 38.4 Å². The number of rotatable bonds is 6. The monoisotopic (exact) mass is 450 g/mol. The maximum absolute atomic E-state index is 12.3. The van der Waals surface area contributed by atoms with Crippen LogP contribution in [0, 0.1) is 10.8 Å². The molecular formula is C26H34N4O3. The molecule has 0 aliphatic carbocycles. The van der Waals surface area contributed by atoms with Crippen LogP contribution in [0.3, 0.4) is 0 Å². The first-order valence-electron chi connectivity index (χ1n) is 11.4. The van der Waals surface area contributed by atoms with E-state index in [4.69, 9.17) is 4.52 Å². The molecule has 1 aromatic carbocycles. The van der Waals surface area contributed by atoms with Crippen LogP contribution in [0.2, 0.25) is 0 Å². The van der Waals surface area contributed by atoms with E-state index in [9.17, 15) is 10.2 Å². The second kappa shape index (κ2) is 8.01. The third-order valence-electron chi connectivity index (χ3n) is 6.37. The van der Waals surface area contributed by atoms with Crippen LogP contribution in [0.1, 0.15) is 64.1 Å². The van der Waals surface area contributed by atoms with Crippen molar-refractivity contribution in [2.75, 3.05) is 13.1 Å². The van der Waals surface area contributed by atoms with Crippen LogP contribution in [0.15, 0.2) is 47.2 Å². The van der Waals surface area contributed by atoms with E-state index in [0.717, 1.165) is 12.0 Å². The van der Waals surface area contributed by atoms with Crippen LogP contribution < -0.4 is 5.32 Å². The summed E-state index contributed by atoms with van der Waals surface area (Å²) in [6.45, 7) is 13.3. The van der Waals surface area contributed by atoms with Gasteiger partial charge in [0, 0.05) is 42.0 Å². The van der Waals surface area contributed by atoms with E-state index >= 15 is 0 Å². The summed E-state index contributed by atoms with van der Waals surface area (Å²) in [5.74, 6) is 0.448. The van der Waals surface area contributed by atoms with Crippen molar-refractivity contribution in [3.05, 3.63) is 65.3 Å². The SMILES string of the molecule is CC(C)(C)Cc1ccc(C(O)(c2cncc(-c3noc(C(C)(C)O)n3)c2)C2(C)CNC2)cc1. The third kappa shape index (κ3) is 4.45. The lowest BCUT2D eigenvalue weighted by Gasteiger charge is -2.52. The summed E-state index contributed by atoms with van der Waals surface area (Å²) in [4.78, 5) is 8.73. The molecule has 33 heavy (non-hydrogen) atoms. The Morgan fingerprint density at radius 1 is 1.00 bits per heavy atom. The Morgan fingerprint density at radius 2 is 1.67 bits per heavy atom. The van der Waals surface area contributed by atoms with Gasteiger partial charge in [0.2, 0.25) is 5.82 Å². The van der Waals surface area contributed by atoms with Crippen molar-refractivity contribution >= 4 is 0 Å². The van der Waals surface area contributed by atoms with Crippen molar-refractivity contribution in [1.82, 2.24) is 20.4 Å². The molecule has 0 bridgehead atoms. The van der Waals surface area contributed by atoms with E-state index in [0.29, 0.717) is 30.0 Å². The summed E-state index contributed by atoms with van der Waals surface area (Å²) >= 11 is 0. The molecule has 2 aromatic heterocycles. The Kier molecular flexibility index (Phi) is 5.71. The summed E-state index contributed by atoms with van der Waals surface area (Å²) < 4.78 is 5.23. The summed E-state index contributed by atoms with van der Waals surface area (Å²) in [5, 5.41) is 29.8. The predicted molar refractivity (Wildman–Crippen MR) is 126 cm³/mol. The first-order valence-corrected chi connectivity index (χ1v) is 11.4. The third-order valence-corrected chi connectivity index (χ3v) is 6.37. The Balaban J connectivity index is 1.76. The van der Waals surface area contributed by atoms with Gasteiger partial charge in [0.25, 0.3) is 5.89 Å². The van der Waals surface area contributed by atoms with Gasteiger partial charge in [-0.15, -0.1) is 0 Å². The molecule has 0 radical (unpaired) electrons. The van der Waals surface area contributed by atoms with Crippen molar-refractivity contribution in [2.45, 2.75) is 59.2 Å². The fourth-order valence-corrected chi connectivity index (χ4v) is 4.44. The van der Waals surface area contributed by atoms with E-state index in [1.165, 1.54) is 5.56 Å². The van der Waals surface area contributed by atoms with Crippen LogP contribution in [-0.2, 0) is 17.6 Å². The standard InChI is InChI=1S/C26H34N4O3/c1-23(2,3)12-17-7-9-19(10-8-17)26(32,25(6)15-28-16-25)20-11-18(13-27-14-20)21-29-22(33-30-21)24(4,5)31/h7-11,13-14,28,31-32H,12,15-16H2,1-6H3. The lowest BCUT2D eigenvalue weighted by Crippen LogP contribution is -2.63. The Labute approximate surface area is 195 Å². The Morgan fingerprint density at radius 3 is 2.18 bits per heavy atom. The molecule has 0 amide bonds. The average molecular weight is 451 g/mol. The first kappa shape index (κ1) is 23.5. The molecular weight excluding hydrogens is 416 g/mol. The molecule has 3 N–H and O–H groups in total. The molecule has 7 heteroatoms. The summed E-state index contributed by atoms with van der Waals surface area (Å²) in [6.07, 6.45) is 4.30. The fraction of sp³-hybridized carbons (Fsp3) is 0.500. The maximum Gasteiger partial charge on any atom is 0.258 e. The number of nitrogens with one attached hydrogen (secondary N) is 1. The largest absolute Gasteiger partial charge is 0.381 e. The zero-order valence-corrected chi connectivity index (χ0v) is 20.3. The van der Waals surface area contributed by atoms with Gasteiger partial charge < -0.3 is 20.1 Å². The molecule has 1 unspecified atom stereocenters. The number of aliphatic hydroxyl groups is 2. The number of aromatic nitrogens is 3. The lowest BCUT2D eigenvalue weighted by molar-refractivity contribution is -0.0769. The van der Waals surface area contributed by atoms with Gasteiger partial charge in [0.05, 0.1) is 0 Å². The molecule has 0 spiro atoms. The minimum absolute atomic E-state index is 0.128. The summed E-state index contributed by atoms with van der Waals surface area (Å²) in [7, 11) is 0. The average Bonchev–Trinajstić information content (AvgIpc) is 3.22. The first-order chi connectivity index (χ1) is 15.3. The van der Waals surface area contributed by atoms with Gasteiger partial charge in [-0.05, 0) is 42.9 Å². The minimum Gasteiger partial charge on any atom is -0.381 e. The molecule has 1 atom stereocenters. The van der Waals surface area contributed by atoms with E-state index in [1.54, 1.807) is 26.2 Å². The molecule has 176 valence electrons. The summed E-state index contributed by atoms with van der Waals surface area (Å²) in [5.41, 5.74) is 0.631. The molecule has 7 nitrogen and oxygen atoms in total. The van der Waals surface area contributed by atoms with E-state index in [-0.39, 0.29) is 11.3 Å². The second-order valence-corrected chi connectivity index (χ2v) is 11.3. The zero-order valence-electron chi connectivity index (χ0n) is 20.3. The van der Waals surface area contributed by atoms with Crippen LogP contribution >= 0.6 is 0 Å². The van der Waals surface area contributed by atoms with Gasteiger partial charge in [0.15, 0.2) is 0 Å². The number of hydrogen-bond acceptors (Lipinski definition) is 7. The fourth-order valence-electron chi connectivity index (χ4n) is 4.44. The van der Waals surface area contributed by atoms with Crippen molar-refractivity contribution < 1.29 is 14.7 Å². The normalized spacial score (nSPS) is 17.9. The van der Waals surface area contributed by atoms with Crippen LogP contribution in [0.25, 0.3) is 11.4 Å². The molecule has 4 rings (SSSR count). The molecule has 3 heterocycles. The van der Waals surface area contributed by atoms with Crippen molar-refractivity contribution in [3.8, 4) is 11.4 Å². The predicted octanol–water partition coefficient (Wildman–Crippen LogP) is 3.79. The highest BCUT2D eigenvalue weighted by atomic mass is 16.5. The molecule has 1 aliphatic rings. The smallest absolute Gasteiger partial charge is 0.258 e. The number of pyridine rings is 1. The Hall–Kier alpha value is -2.61. The van der Waals surface area contributed by atoms with Crippen LogP contribution in [0.5, 0.6) is 0 Å². The van der Waals surface area contributed by atoms with Gasteiger partial charge in [-0.1, -0.05) is 57.1 Å². The van der Waals surface area contributed by atoms with Gasteiger partial charge >= 0.3 is 0 Å². The van der Waals surface area contributed by atoms with Gasteiger partial charge in [-0.3, -0.25) is 4.98 Å². The molecule has 0 saturated carbocycles. The van der Waals surface area contributed by atoms with Gasteiger partial charge in [-0.2, -0.15) is 4.98 Å². The van der Waals surface area contributed by atoms with E-state index < -0.39 is 16.6 Å². The highest BCUT2D eigenvalue weighted by molar-refractivity contribution is 5.56. The second-order valence-electron chi connectivity index (χ2n) is 11.3. The van der Waals surface area contributed by atoms with Crippen molar-refractivity contribution in [1.29, 1.82) is 0 Å². The lowest BCUT2D eigenvalue weighted by atomic mass is 9.63. The minimum atomic E-state index is -1.26. The number of nitrogens with zero attached hydrogens (tertiary/aromatic N) is 3. The zero-order chi connectivity index (χ0) is 24.1. The quantitative estimate of drug-likeness (QED) is 0.525. The van der Waals surface area contributed by atoms with Gasteiger partial charge in [-0.25, -0.2) is 0 Å². The van der Waals surface area contributed by atoms with Gasteiger partial charge in [0.1, 0.15) is 11.2 Å². The molecule has 1 aliphatic heterocycles. The molecule has 3 aromatic rings. The highest BCUT2D eigenvalue weighted by Crippen LogP contribution is 2.48. The summed E-state index contributed by atoms with van der Waals surface area (Å²) in [6, 6.07) is 10.1. The van der Waals surface area contributed by atoms with Crippen LogP contribution in [0.4, 0.5) is 0 Å². The number of benzene rings is 1. The van der Waals surface area contributed by atoms with E-state index in [2.05, 4.69) is 60.3 Å². The maximum atomic E-state index is 12.3. The highest BCUT2D eigenvalue weighted by Gasteiger charge is 2.53. The Bertz CT molecular complexity index is 1120. The molecule has 1 fully saturated rings. The van der Waals surface area contributed by atoms with E-state index in [1.807, 2.05) is 18.2 Å². The number of hydrogen-bond donors (Lipinski definition) is 3. The van der Waals surface area contributed by atoms with Crippen molar-refractivity contribution in [2.24, 2.45) is 10.8 Å². The van der Waals surface area contributed by atoms with Crippen molar-refractivity contribution in [3.63, 3.8) is 0 Å². The molecule has 1 saturated heterocycles.